The summed E-state index contributed by atoms with van der Waals surface area (Å²) in [7, 11) is 0. The predicted octanol–water partition coefficient (Wildman–Crippen LogP) is 3.69. The lowest BCUT2D eigenvalue weighted by Gasteiger charge is -2.10. The molecule has 0 spiro atoms. The summed E-state index contributed by atoms with van der Waals surface area (Å²) in [4.78, 5) is 11.6. The first-order valence-electron chi connectivity index (χ1n) is 7.17. The van der Waals surface area contributed by atoms with Crippen molar-refractivity contribution in [3.05, 3.63) is 78.1 Å². The van der Waals surface area contributed by atoms with E-state index in [-0.39, 0.29) is 5.78 Å². The van der Waals surface area contributed by atoms with Crippen LogP contribution < -0.4 is 5.32 Å². The summed E-state index contributed by atoms with van der Waals surface area (Å²) >= 11 is 0. The zero-order valence-electron chi connectivity index (χ0n) is 12.4. The zero-order chi connectivity index (χ0) is 15.4. The van der Waals surface area contributed by atoms with Gasteiger partial charge in [-0.2, -0.15) is 5.10 Å². The van der Waals surface area contributed by atoms with E-state index in [4.69, 9.17) is 0 Å². The Labute approximate surface area is 129 Å². The van der Waals surface area contributed by atoms with Crippen molar-refractivity contribution in [2.45, 2.75) is 13.5 Å². The molecule has 0 atom stereocenters. The highest BCUT2D eigenvalue weighted by Crippen LogP contribution is 2.17. The van der Waals surface area contributed by atoms with Gasteiger partial charge in [0.05, 0.1) is 5.69 Å². The molecule has 0 amide bonds. The number of anilines is 1. The van der Waals surface area contributed by atoms with Gasteiger partial charge in [-0.1, -0.05) is 24.3 Å². The topological polar surface area (TPSA) is 46.9 Å². The van der Waals surface area contributed by atoms with Crippen LogP contribution in [0.5, 0.6) is 0 Å². The minimum atomic E-state index is 0.0668. The molecule has 3 rings (SSSR count). The van der Waals surface area contributed by atoms with Crippen LogP contribution in [0.15, 0.2) is 67.0 Å². The number of hydrogen-bond donors (Lipinski definition) is 1. The summed E-state index contributed by atoms with van der Waals surface area (Å²) in [5, 5.41) is 7.53. The smallest absolute Gasteiger partial charge is 0.161 e. The van der Waals surface area contributed by atoms with Crippen molar-refractivity contribution in [2.75, 3.05) is 5.32 Å². The van der Waals surface area contributed by atoms with Crippen LogP contribution in [0.4, 0.5) is 5.69 Å². The van der Waals surface area contributed by atoms with E-state index in [2.05, 4.69) is 22.5 Å². The lowest BCUT2D eigenvalue weighted by atomic mass is 10.1. The number of nitrogens with zero attached hydrogens (tertiary/aromatic N) is 2. The molecule has 0 saturated heterocycles. The number of rotatable bonds is 5. The fraction of sp³-hybridized carbons (Fsp3) is 0.111. The van der Waals surface area contributed by atoms with Crippen molar-refractivity contribution in [1.82, 2.24) is 9.78 Å². The normalized spacial score (nSPS) is 10.4. The van der Waals surface area contributed by atoms with E-state index < -0.39 is 0 Å². The molecule has 0 bridgehead atoms. The van der Waals surface area contributed by atoms with Crippen LogP contribution in [0.2, 0.25) is 0 Å². The molecular formula is C18H17N3O. The van der Waals surface area contributed by atoms with Crippen LogP contribution in [-0.2, 0) is 6.54 Å². The zero-order valence-corrected chi connectivity index (χ0v) is 12.4. The number of Topliss-reactive ketones (excluding diaryl/α,β-unsaturated/α-hetero) is 1. The van der Waals surface area contributed by atoms with E-state index in [0.29, 0.717) is 6.54 Å². The van der Waals surface area contributed by atoms with Gasteiger partial charge in [0, 0.05) is 30.2 Å². The molecule has 0 unspecified atom stereocenters. The van der Waals surface area contributed by atoms with Crippen molar-refractivity contribution in [2.24, 2.45) is 0 Å². The van der Waals surface area contributed by atoms with Crippen LogP contribution in [0, 0.1) is 0 Å². The van der Waals surface area contributed by atoms with Crippen LogP contribution >= 0.6 is 0 Å². The number of aromatic nitrogens is 2. The lowest BCUT2D eigenvalue weighted by Crippen LogP contribution is -2.05. The Morgan fingerprint density at radius 1 is 1.09 bits per heavy atom. The van der Waals surface area contributed by atoms with Crippen molar-refractivity contribution >= 4 is 11.5 Å². The largest absolute Gasteiger partial charge is 0.380 e. The van der Waals surface area contributed by atoms with Crippen LogP contribution in [0.1, 0.15) is 22.8 Å². The van der Waals surface area contributed by atoms with Crippen molar-refractivity contribution in [3.8, 4) is 5.69 Å². The Bertz CT molecular complexity index is 761. The van der Waals surface area contributed by atoms with Gasteiger partial charge in [0.15, 0.2) is 5.78 Å². The van der Waals surface area contributed by atoms with E-state index in [0.717, 1.165) is 22.5 Å². The Morgan fingerprint density at radius 2 is 1.86 bits per heavy atom. The quantitative estimate of drug-likeness (QED) is 0.729. The number of hydrogen-bond acceptors (Lipinski definition) is 3. The minimum absolute atomic E-state index is 0.0668. The fourth-order valence-corrected chi connectivity index (χ4v) is 2.33. The number of para-hydroxylation sites is 1. The minimum Gasteiger partial charge on any atom is -0.380 e. The first-order valence-corrected chi connectivity index (χ1v) is 7.17. The highest BCUT2D eigenvalue weighted by atomic mass is 16.1. The first-order chi connectivity index (χ1) is 10.7. The van der Waals surface area contributed by atoms with Crippen molar-refractivity contribution in [3.63, 3.8) is 0 Å². The van der Waals surface area contributed by atoms with Gasteiger partial charge in [-0.25, -0.2) is 4.68 Å². The Balaban J connectivity index is 1.71. The average Bonchev–Trinajstić information content (AvgIpc) is 3.08. The number of benzene rings is 2. The second-order valence-corrected chi connectivity index (χ2v) is 5.07. The highest BCUT2D eigenvalue weighted by molar-refractivity contribution is 5.99. The van der Waals surface area contributed by atoms with E-state index in [1.807, 2.05) is 53.3 Å². The molecule has 1 heterocycles. The van der Waals surface area contributed by atoms with Crippen LogP contribution in [0.25, 0.3) is 5.69 Å². The molecule has 4 nitrogen and oxygen atoms in total. The average molecular weight is 291 g/mol. The highest BCUT2D eigenvalue weighted by Gasteiger charge is 2.05. The molecule has 0 saturated carbocycles. The monoisotopic (exact) mass is 291 g/mol. The second-order valence-electron chi connectivity index (χ2n) is 5.07. The third-order valence-electron chi connectivity index (χ3n) is 3.49. The molecule has 3 aromatic rings. The summed E-state index contributed by atoms with van der Waals surface area (Å²) < 4.78 is 1.82. The van der Waals surface area contributed by atoms with Gasteiger partial charge >= 0.3 is 0 Å². The van der Waals surface area contributed by atoms with Gasteiger partial charge < -0.3 is 5.32 Å². The molecule has 1 N–H and O–H groups in total. The number of nitrogens with one attached hydrogen (secondary N) is 1. The molecule has 1 aromatic heterocycles. The summed E-state index contributed by atoms with van der Waals surface area (Å²) in [6.45, 7) is 2.25. The molecule has 0 aliphatic carbocycles. The van der Waals surface area contributed by atoms with Gasteiger partial charge in [-0.3, -0.25) is 4.79 Å². The standard InChI is InChI=1S/C18H17N3O/c1-14(22)17-5-2-3-6-18(17)19-13-15-7-9-16(10-8-15)21-12-4-11-20-21/h2-12,19H,13H2,1H3. The summed E-state index contributed by atoms with van der Waals surface area (Å²) in [6.07, 6.45) is 3.67. The SMILES string of the molecule is CC(=O)c1ccccc1NCc1ccc(-n2cccn2)cc1. The molecule has 0 radical (unpaired) electrons. The summed E-state index contributed by atoms with van der Waals surface area (Å²) in [5.41, 5.74) is 3.76. The van der Waals surface area contributed by atoms with Gasteiger partial charge in [0.2, 0.25) is 0 Å². The molecule has 2 aromatic carbocycles. The number of carbonyl (C=O) groups excluding carboxylic acids is 1. The van der Waals surface area contributed by atoms with E-state index in [9.17, 15) is 4.79 Å². The lowest BCUT2D eigenvalue weighted by molar-refractivity contribution is 0.101. The number of ketones is 1. The Kier molecular flexibility index (Phi) is 4.01. The molecule has 0 aliphatic rings. The maximum absolute atomic E-state index is 11.6. The third-order valence-corrected chi connectivity index (χ3v) is 3.49. The molecule has 0 aliphatic heterocycles. The maximum Gasteiger partial charge on any atom is 0.161 e. The summed E-state index contributed by atoms with van der Waals surface area (Å²) in [6, 6.07) is 17.6. The molecule has 110 valence electrons. The van der Waals surface area contributed by atoms with Gasteiger partial charge in [0.25, 0.3) is 0 Å². The van der Waals surface area contributed by atoms with Gasteiger partial charge in [0.1, 0.15) is 0 Å². The van der Waals surface area contributed by atoms with Crippen LogP contribution in [-0.4, -0.2) is 15.6 Å². The van der Waals surface area contributed by atoms with E-state index in [1.54, 1.807) is 13.1 Å². The Morgan fingerprint density at radius 3 is 2.55 bits per heavy atom. The molecule has 22 heavy (non-hydrogen) atoms. The van der Waals surface area contributed by atoms with Crippen LogP contribution in [0.3, 0.4) is 0 Å². The predicted molar refractivity (Wildman–Crippen MR) is 87.3 cm³/mol. The third kappa shape index (κ3) is 3.06. The van der Waals surface area contributed by atoms with Crippen molar-refractivity contribution in [1.29, 1.82) is 0 Å². The van der Waals surface area contributed by atoms with E-state index >= 15 is 0 Å². The molecule has 4 heteroatoms. The number of carbonyl (C=O) groups is 1. The van der Waals surface area contributed by atoms with Gasteiger partial charge in [-0.05, 0) is 42.8 Å². The molecule has 0 fully saturated rings. The second kappa shape index (κ2) is 6.26. The van der Waals surface area contributed by atoms with E-state index in [1.165, 1.54) is 0 Å². The van der Waals surface area contributed by atoms with Gasteiger partial charge in [-0.15, -0.1) is 0 Å². The van der Waals surface area contributed by atoms with Crippen molar-refractivity contribution < 1.29 is 4.79 Å². The summed E-state index contributed by atoms with van der Waals surface area (Å²) in [5.74, 6) is 0.0668. The maximum atomic E-state index is 11.6. The first kappa shape index (κ1) is 14.1. The molecular weight excluding hydrogens is 274 g/mol. The fourth-order valence-electron chi connectivity index (χ4n) is 2.33. The Hall–Kier alpha value is -2.88.